The second-order valence-electron chi connectivity index (χ2n) is 7.57. The summed E-state index contributed by atoms with van der Waals surface area (Å²) in [5.41, 5.74) is 2.47. The third-order valence-corrected chi connectivity index (χ3v) is 5.72. The van der Waals surface area contributed by atoms with Crippen LogP contribution in [0.25, 0.3) is 0 Å². The second kappa shape index (κ2) is 8.50. The number of phenols is 1. The summed E-state index contributed by atoms with van der Waals surface area (Å²) in [6, 6.07) is 26.2. The molecule has 0 radical (unpaired) electrons. The molecule has 4 nitrogen and oxygen atoms in total. The minimum atomic E-state index is -0.568. The number of hydrogen-bond donors (Lipinski definition) is 2. The van der Waals surface area contributed by atoms with Gasteiger partial charge in [-0.15, -0.1) is 0 Å². The van der Waals surface area contributed by atoms with Crippen LogP contribution < -0.4 is 4.90 Å². The third-order valence-electron chi connectivity index (χ3n) is 5.72. The summed E-state index contributed by atoms with van der Waals surface area (Å²) in [4.78, 5) is 14.8. The van der Waals surface area contributed by atoms with Gasteiger partial charge in [-0.1, -0.05) is 66.7 Å². The zero-order valence-corrected chi connectivity index (χ0v) is 16.2. The molecule has 1 heterocycles. The van der Waals surface area contributed by atoms with E-state index < -0.39 is 6.10 Å². The fraction of sp³-hybridized carbons (Fsp3) is 0.240. The van der Waals surface area contributed by atoms with E-state index in [1.54, 1.807) is 17.0 Å². The van der Waals surface area contributed by atoms with Crippen molar-refractivity contribution in [1.29, 1.82) is 0 Å². The van der Waals surface area contributed by atoms with Crippen molar-refractivity contribution in [3.8, 4) is 5.75 Å². The quantitative estimate of drug-likeness (QED) is 0.626. The van der Waals surface area contributed by atoms with Crippen molar-refractivity contribution in [3.63, 3.8) is 0 Å². The van der Waals surface area contributed by atoms with Crippen LogP contribution >= 0.6 is 0 Å². The average Bonchev–Trinajstić information content (AvgIpc) is 3.09. The molecule has 3 unspecified atom stereocenters. The first-order chi connectivity index (χ1) is 14.1. The maximum Gasteiger partial charge on any atom is 0.227 e. The van der Waals surface area contributed by atoms with Crippen molar-refractivity contribution in [1.82, 2.24) is 0 Å². The van der Waals surface area contributed by atoms with Gasteiger partial charge in [0.2, 0.25) is 5.91 Å². The molecule has 4 rings (SSSR count). The van der Waals surface area contributed by atoms with Gasteiger partial charge in [-0.2, -0.15) is 0 Å². The minimum Gasteiger partial charge on any atom is -0.508 e. The zero-order chi connectivity index (χ0) is 20.2. The number of carbonyl (C=O) groups is 1. The molecule has 1 aliphatic heterocycles. The zero-order valence-electron chi connectivity index (χ0n) is 16.2. The number of rotatable bonds is 6. The van der Waals surface area contributed by atoms with Crippen molar-refractivity contribution in [2.75, 3.05) is 4.90 Å². The summed E-state index contributed by atoms with van der Waals surface area (Å²) >= 11 is 0. The SMILES string of the molecule is O=C1CC(CCC(O)c2ccccc2)C(c2ccccc2O)N1c1ccccc1. The van der Waals surface area contributed by atoms with Crippen molar-refractivity contribution in [2.24, 2.45) is 5.92 Å². The summed E-state index contributed by atoms with van der Waals surface area (Å²) < 4.78 is 0. The number of aliphatic hydroxyl groups excluding tert-OH is 1. The highest BCUT2D eigenvalue weighted by molar-refractivity contribution is 5.97. The number of benzene rings is 3. The Balaban J connectivity index is 1.62. The summed E-state index contributed by atoms with van der Waals surface area (Å²) in [7, 11) is 0. The van der Waals surface area contributed by atoms with E-state index in [0.717, 1.165) is 16.8 Å². The number of amides is 1. The molecule has 1 amide bonds. The minimum absolute atomic E-state index is 0.00867. The highest BCUT2D eigenvalue weighted by Crippen LogP contribution is 2.46. The lowest BCUT2D eigenvalue weighted by Crippen LogP contribution is -2.28. The van der Waals surface area contributed by atoms with Gasteiger partial charge < -0.3 is 15.1 Å². The lowest BCUT2D eigenvalue weighted by atomic mass is 9.87. The van der Waals surface area contributed by atoms with Crippen molar-refractivity contribution in [3.05, 3.63) is 96.1 Å². The molecule has 1 saturated heterocycles. The van der Waals surface area contributed by atoms with E-state index in [-0.39, 0.29) is 23.6 Å². The van der Waals surface area contributed by atoms with Crippen LogP contribution in [0.15, 0.2) is 84.9 Å². The van der Waals surface area contributed by atoms with Crippen LogP contribution in [-0.2, 0) is 4.79 Å². The maximum absolute atomic E-state index is 13.0. The van der Waals surface area contributed by atoms with Gasteiger partial charge in [0.05, 0.1) is 12.1 Å². The van der Waals surface area contributed by atoms with Crippen molar-refractivity contribution < 1.29 is 15.0 Å². The molecule has 3 aromatic rings. The molecule has 29 heavy (non-hydrogen) atoms. The van der Waals surface area contributed by atoms with Gasteiger partial charge in [0, 0.05) is 17.7 Å². The molecule has 0 bridgehead atoms. The summed E-state index contributed by atoms with van der Waals surface area (Å²) in [6.07, 6.45) is 1.08. The van der Waals surface area contributed by atoms with Crippen LogP contribution in [0, 0.1) is 5.92 Å². The molecule has 1 aliphatic rings. The molecule has 148 valence electrons. The lowest BCUT2D eigenvalue weighted by molar-refractivity contribution is -0.117. The Labute approximate surface area is 171 Å². The topological polar surface area (TPSA) is 60.8 Å². The fourth-order valence-electron chi connectivity index (χ4n) is 4.30. The first-order valence-electron chi connectivity index (χ1n) is 10.0. The highest BCUT2D eigenvalue weighted by atomic mass is 16.3. The molecule has 2 N–H and O–H groups in total. The normalized spacial score (nSPS) is 20.0. The summed E-state index contributed by atoms with van der Waals surface area (Å²) in [5.74, 6) is 0.250. The molecular weight excluding hydrogens is 362 g/mol. The number of aromatic hydroxyl groups is 1. The predicted molar refractivity (Wildman–Crippen MR) is 114 cm³/mol. The lowest BCUT2D eigenvalue weighted by Gasteiger charge is -2.29. The van der Waals surface area contributed by atoms with Gasteiger partial charge in [-0.05, 0) is 42.5 Å². The molecular formula is C25H25NO3. The Bertz CT molecular complexity index is 958. The van der Waals surface area contributed by atoms with E-state index in [1.165, 1.54) is 0 Å². The molecule has 3 aromatic carbocycles. The number of hydrogen-bond acceptors (Lipinski definition) is 3. The van der Waals surface area contributed by atoms with Crippen molar-refractivity contribution in [2.45, 2.75) is 31.4 Å². The Hall–Kier alpha value is -3.11. The second-order valence-corrected chi connectivity index (χ2v) is 7.57. The smallest absolute Gasteiger partial charge is 0.227 e. The van der Waals surface area contributed by atoms with E-state index in [9.17, 15) is 15.0 Å². The Morgan fingerprint density at radius 1 is 0.897 bits per heavy atom. The number of phenolic OH excluding ortho intramolecular Hbond substituents is 1. The van der Waals surface area contributed by atoms with Crippen LogP contribution in [0.2, 0.25) is 0 Å². The van der Waals surface area contributed by atoms with Crippen molar-refractivity contribution >= 4 is 11.6 Å². The Morgan fingerprint density at radius 2 is 1.52 bits per heavy atom. The highest BCUT2D eigenvalue weighted by Gasteiger charge is 2.42. The van der Waals surface area contributed by atoms with Gasteiger partial charge in [0.25, 0.3) is 0 Å². The van der Waals surface area contributed by atoms with Crippen LogP contribution in [0.1, 0.15) is 42.5 Å². The van der Waals surface area contributed by atoms with Crippen LogP contribution in [0.3, 0.4) is 0 Å². The molecule has 0 aliphatic carbocycles. The number of anilines is 1. The van der Waals surface area contributed by atoms with Gasteiger partial charge in [0.1, 0.15) is 5.75 Å². The first kappa shape index (κ1) is 19.2. The standard InChI is InChI=1S/C25H25NO3/c27-22(18-9-3-1-4-10-18)16-15-19-17-24(29)26(20-11-5-2-6-12-20)25(19)21-13-7-8-14-23(21)28/h1-14,19,22,25,27-28H,15-17H2. The molecule has 4 heteroatoms. The summed E-state index contributed by atoms with van der Waals surface area (Å²) in [5, 5.41) is 21.1. The van der Waals surface area contributed by atoms with E-state index >= 15 is 0 Å². The first-order valence-corrected chi connectivity index (χ1v) is 10.0. The van der Waals surface area contributed by atoms with E-state index in [1.807, 2.05) is 72.8 Å². The van der Waals surface area contributed by atoms with Crippen LogP contribution in [-0.4, -0.2) is 16.1 Å². The monoisotopic (exact) mass is 387 g/mol. The van der Waals surface area contributed by atoms with Crippen LogP contribution in [0.4, 0.5) is 5.69 Å². The number of aliphatic hydroxyl groups is 1. The van der Waals surface area contributed by atoms with E-state index in [0.29, 0.717) is 19.3 Å². The molecule has 1 fully saturated rings. The Kier molecular flexibility index (Phi) is 5.63. The number of carbonyl (C=O) groups excluding carboxylic acids is 1. The van der Waals surface area contributed by atoms with E-state index in [2.05, 4.69) is 0 Å². The molecule has 3 atom stereocenters. The molecule has 0 aromatic heterocycles. The van der Waals surface area contributed by atoms with E-state index in [4.69, 9.17) is 0 Å². The summed E-state index contributed by atoms with van der Waals surface area (Å²) in [6.45, 7) is 0. The largest absolute Gasteiger partial charge is 0.508 e. The average molecular weight is 387 g/mol. The number of para-hydroxylation sites is 2. The number of nitrogens with zero attached hydrogens (tertiary/aromatic N) is 1. The molecule has 0 spiro atoms. The Morgan fingerprint density at radius 3 is 2.21 bits per heavy atom. The molecule has 0 saturated carbocycles. The fourth-order valence-corrected chi connectivity index (χ4v) is 4.30. The third kappa shape index (κ3) is 4.03. The van der Waals surface area contributed by atoms with Gasteiger partial charge >= 0.3 is 0 Å². The van der Waals surface area contributed by atoms with Gasteiger partial charge in [0.15, 0.2) is 0 Å². The van der Waals surface area contributed by atoms with Gasteiger partial charge in [-0.3, -0.25) is 4.79 Å². The van der Waals surface area contributed by atoms with Gasteiger partial charge in [-0.25, -0.2) is 0 Å². The van der Waals surface area contributed by atoms with Crippen LogP contribution in [0.5, 0.6) is 5.75 Å². The maximum atomic E-state index is 13.0. The predicted octanol–water partition coefficient (Wildman–Crippen LogP) is 5.00.